The summed E-state index contributed by atoms with van der Waals surface area (Å²) >= 11 is 0. The van der Waals surface area contributed by atoms with E-state index in [1.54, 1.807) is 0 Å². The zero-order valence-corrected chi connectivity index (χ0v) is 11.6. The maximum atomic E-state index is 11.7. The molecule has 1 amide bonds. The number of unbranched alkanes of at least 4 members (excludes halogenated alkanes) is 6. The van der Waals surface area contributed by atoms with Gasteiger partial charge in [0.25, 0.3) is 0 Å². The zero-order chi connectivity index (χ0) is 12.9. The van der Waals surface area contributed by atoms with Crippen molar-refractivity contribution in [3.05, 3.63) is 0 Å². The largest absolute Gasteiger partial charge is 0.396 e. The highest BCUT2D eigenvalue weighted by Gasteiger charge is 2.06. The van der Waals surface area contributed by atoms with Gasteiger partial charge in [-0.3, -0.25) is 4.79 Å². The lowest BCUT2D eigenvalue weighted by molar-refractivity contribution is -0.130. The van der Waals surface area contributed by atoms with Crippen LogP contribution >= 0.6 is 0 Å². The second-order valence-corrected chi connectivity index (χ2v) is 4.76. The molecule has 0 saturated carbocycles. The van der Waals surface area contributed by atoms with Crippen molar-refractivity contribution < 1.29 is 9.90 Å². The van der Waals surface area contributed by atoms with Crippen molar-refractivity contribution in [2.45, 2.75) is 64.7 Å². The smallest absolute Gasteiger partial charge is 0.222 e. The molecule has 0 aromatic rings. The quantitative estimate of drug-likeness (QED) is 0.567. The minimum atomic E-state index is 0.286. The Morgan fingerprint density at radius 1 is 1.00 bits per heavy atom. The van der Waals surface area contributed by atoms with E-state index in [-0.39, 0.29) is 5.91 Å². The third-order valence-electron chi connectivity index (χ3n) is 3.07. The van der Waals surface area contributed by atoms with Crippen molar-refractivity contribution in [3.63, 3.8) is 0 Å². The molecule has 0 rings (SSSR count). The molecule has 0 radical (unpaired) electrons. The van der Waals surface area contributed by atoms with Crippen LogP contribution in [0, 0.1) is 0 Å². The van der Waals surface area contributed by atoms with Gasteiger partial charge < -0.3 is 10.0 Å². The summed E-state index contributed by atoms with van der Waals surface area (Å²) in [6.07, 6.45) is 9.47. The minimum Gasteiger partial charge on any atom is -0.396 e. The van der Waals surface area contributed by atoms with E-state index in [1.165, 1.54) is 12.8 Å². The average Bonchev–Trinajstić information content (AvgIpc) is 2.33. The fourth-order valence-corrected chi connectivity index (χ4v) is 1.83. The zero-order valence-electron chi connectivity index (χ0n) is 11.6. The molecule has 102 valence electrons. The highest BCUT2D eigenvalue weighted by Crippen LogP contribution is 2.06. The van der Waals surface area contributed by atoms with Gasteiger partial charge in [0.15, 0.2) is 0 Å². The van der Waals surface area contributed by atoms with Gasteiger partial charge in [-0.1, -0.05) is 39.0 Å². The van der Waals surface area contributed by atoms with Gasteiger partial charge in [0.2, 0.25) is 5.91 Å². The molecule has 0 unspecified atom stereocenters. The Balaban J connectivity index is 3.37. The van der Waals surface area contributed by atoms with Gasteiger partial charge in [0, 0.05) is 26.6 Å². The van der Waals surface area contributed by atoms with Gasteiger partial charge in [-0.25, -0.2) is 0 Å². The molecular formula is C14H29NO2. The lowest BCUT2D eigenvalue weighted by Gasteiger charge is -2.16. The van der Waals surface area contributed by atoms with Crippen molar-refractivity contribution in [2.24, 2.45) is 0 Å². The summed E-state index contributed by atoms with van der Waals surface area (Å²) < 4.78 is 0. The van der Waals surface area contributed by atoms with E-state index in [0.717, 1.165) is 45.1 Å². The molecule has 0 aromatic carbocycles. The monoisotopic (exact) mass is 243 g/mol. The molecule has 17 heavy (non-hydrogen) atoms. The van der Waals surface area contributed by atoms with Gasteiger partial charge in [-0.15, -0.1) is 0 Å². The Hall–Kier alpha value is -0.570. The second-order valence-electron chi connectivity index (χ2n) is 4.76. The summed E-state index contributed by atoms with van der Waals surface area (Å²) in [5, 5.41) is 8.63. The number of carbonyl (C=O) groups excluding carboxylic acids is 1. The lowest BCUT2D eigenvalue weighted by atomic mass is 10.1. The molecule has 0 saturated heterocycles. The first-order valence-electron chi connectivity index (χ1n) is 7.07. The van der Waals surface area contributed by atoms with Crippen molar-refractivity contribution in [1.29, 1.82) is 0 Å². The number of amides is 1. The Morgan fingerprint density at radius 3 is 2.29 bits per heavy atom. The molecule has 3 heteroatoms. The van der Waals surface area contributed by atoms with Crippen LogP contribution in [-0.4, -0.2) is 36.1 Å². The van der Waals surface area contributed by atoms with Crippen LogP contribution in [0.2, 0.25) is 0 Å². The molecule has 0 bridgehead atoms. The molecule has 0 aliphatic rings. The van der Waals surface area contributed by atoms with E-state index >= 15 is 0 Å². The predicted molar refractivity (Wildman–Crippen MR) is 71.9 cm³/mol. The third kappa shape index (κ3) is 10.3. The van der Waals surface area contributed by atoms with Crippen LogP contribution in [0.5, 0.6) is 0 Å². The standard InChI is InChI=1S/C14H29NO2/c1-3-4-8-11-14(17)15(2)12-9-6-5-7-10-13-16/h16H,3-13H2,1-2H3. The van der Waals surface area contributed by atoms with Crippen LogP contribution in [0.15, 0.2) is 0 Å². The average molecular weight is 243 g/mol. The number of aliphatic hydroxyl groups excluding tert-OH is 1. The highest BCUT2D eigenvalue weighted by atomic mass is 16.2. The fraction of sp³-hybridized carbons (Fsp3) is 0.929. The Kier molecular flexibility index (Phi) is 11.5. The molecule has 1 N–H and O–H groups in total. The van der Waals surface area contributed by atoms with Crippen molar-refractivity contribution >= 4 is 5.91 Å². The molecule has 0 aromatic heterocycles. The summed E-state index contributed by atoms with van der Waals surface area (Å²) in [6, 6.07) is 0. The third-order valence-corrected chi connectivity index (χ3v) is 3.07. The van der Waals surface area contributed by atoms with E-state index < -0.39 is 0 Å². The number of carbonyl (C=O) groups is 1. The molecule has 0 aliphatic carbocycles. The van der Waals surface area contributed by atoms with E-state index in [1.807, 2.05) is 11.9 Å². The Morgan fingerprint density at radius 2 is 1.65 bits per heavy atom. The van der Waals surface area contributed by atoms with Crippen LogP contribution in [-0.2, 0) is 4.79 Å². The van der Waals surface area contributed by atoms with Crippen LogP contribution in [0.25, 0.3) is 0 Å². The summed E-state index contributed by atoms with van der Waals surface area (Å²) in [5.74, 6) is 0.286. The number of nitrogens with zero attached hydrogens (tertiary/aromatic N) is 1. The van der Waals surface area contributed by atoms with Gasteiger partial charge in [0.05, 0.1) is 0 Å². The van der Waals surface area contributed by atoms with E-state index in [0.29, 0.717) is 13.0 Å². The van der Waals surface area contributed by atoms with Gasteiger partial charge in [-0.05, 0) is 19.3 Å². The van der Waals surface area contributed by atoms with Crippen LogP contribution in [0.3, 0.4) is 0 Å². The van der Waals surface area contributed by atoms with Crippen molar-refractivity contribution in [3.8, 4) is 0 Å². The van der Waals surface area contributed by atoms with Crippen LogP contribution in [0.1, 0.15) is 64.7 Å². The first-order valence-corrected chi connectivity index (χ1v) is 7.07. The first-order chi connectivity index (χ1) is 8.22. The molecule has 3 nitrogen and oxygen atoms in total. The SMILES string of the molecule is CCCCCC(=O)N(C)CCCCCCCO. The van der Waals surface area contributed by atoms with Crippen molar-refractivity contribution in [1.82, 2.24) is 4.90 Å². The number of aliphatic hydroxyl groups is 1. The Bertz CT molecular complexity index is 183. The lowest BCUT2D eigenvalue weighted by Crippen LogP contribution is -2.27. The molecule has 0 atom stereocenters. The van der Waals surface area contributed by atoms with Gasteiger partial charge in [-0.2, -0.15) is 0 Å². The minimum absolute atomic E-state index is 0.286. The summed E-state index contributed by atoms with van der Waals surface area (Å²) in [4.78, 5) is 13.5. The van der Waals surface area contributed by atoms with Gasteiger partial charge in [0.1, 0.15) is 0 Å². The maximum absolute atomic E-state index is 11.7. The maximum Gasteiger partial charge on any atom is 0.222 e. The summed E-state index contributed by atoms with van der Waals surface area (Å²) in [7, 11) is 1.90. The molecule has 0 spiro atoms. The molecule has 0 fully saturated rings. The second kappa shape index (κ2) is 11.9. The first kappa shape index (κ1) is 16.4. The molecule has 0 heterocycles. The molecular weight excluding hydrogens is 214 g/mol. The van der Waals surface area contributed by atoms with E-state index in [4.69, 9.17) is 5.11 Å². The van der Waals surface area contributed by atoms with Crippen LogP contribution < -0.4 is 0 Å². The number of hydrogen-bond donors (Lipinski definition) is 1. The van der Waals surface area contributed by atoms with E-state index in [9.17, 15) is 4.79 Å². The summed E-state index contributed by atoms with van der Waals surface area (Å²) in [6.45, 7) is 3.33. The normalized spacial score (nSPS) is 10.5. The van der Waals surface area contributed by atoms with Crippen molar-refractivity contribution in [2.75, 3.05) is 20.2 Å². The predicted octanol–water partition coefficient (Wildman–Crippen LogP) is 2.97. The number of rotatable bonds is 11. The topological polar surface area (TPSA) is 40.5 Å². The van der Waals surface area contributed by atoms with Gasteiger partial charge >= 0.3 is 0 Å². The Labute approximate surface area is 106 Å². The fourth-order valence-electron chi connectivity index (χ4n) is 1.83. The highest BCUT2D eigenvalue weighted by molar-refractivity contribution is 5.75. The summed E-state index contributed by atoms with van der Waals surface area (Å²) in [5.41, 5.74) is 0. The number of hydrogen-bond acceptors (Lipinski definition) is 2. The molecule has 0 aliphatic heterocycles. The van der Waals surface area contributed by atoms with E-state index in [2.05, 4.69) is 6.92 Å². The van der Waals surface area contributed by atoms with Crippen LogP contribution in [0.4, 0.5) is 0 Å².